The van der Waals surface area contributed by atoms with Crippen LogP contribution in [0.3, 0.4) is 0 Å². The molecule has 0 aliphatic heterocycles. The monoisotopic (exact) mass is 184 g/mol. The first-order valence-electron chi connectivity index (χ1n) is 5.40. The van der Waals surface area contributed by atoms with Gasteiger partial charge in [0, 0.05) is 0 Å². The van der Waals surface area contributed by atoms with Crippen molar-refractivity contribution in [1.82, 2.24) is 0 Å². The Hall–Kier alpha value is -0.530. The number of ether oxygens (including phenoxy) is 1. The SMILES string of the molecule is CCCOC(=O)C1CCCC(C)C1. The van der Waals surface area contributed by atoms with E-state index in [2.05, 4.69) is 6.92 Å². The minimum atomic E-state index is 0.0356. The zero-order chi connectivity index (χ0) is 9.68. The molecule has 0 saturated heterocycles. The lowest BCUT2D eigenvalue weighted by atomic mass is 9.82. The Morgan fingerprint density at radius 2 is 2.23 bits per heavy atom. The van der Waals surface area contributed by atoms with Crippen LogP contribution in [0.1, 0.15) is 46.0 Å². The van der Waals surface area contributed by atoms with Crippen molar-refractivity contribution in [1.29, 1.82) is 0 Å². The molecule has 76 valence electrons. The Bertz CT molecular complexity index is 165. The molecule has 0 bridgehead atoms. The highest BCUT2D eigenvalue weighted by Crippen LogP contribution is 2.29. The van der Waals surface area contributed by atoms with Gasteiger partial charge < -0.3 is 4.74 Å². The van der Waals surface area contributed by atoms with Gasteiger partial charge in [0.15, 0.2) is 0 Å². The summed E-state index contributed by atoms with van der Waals surface area (Å²) in [4.78, 5) is 11.5. The summed E-state index contributed by atoms with van der Waals surface area (Å²) in [6.07, 6.45) is 5.45. The van der Waals surface area contributed by atoms with E-state index < -0.39 is 0 Å². The van der Waals surface area contributed by atoms with Gasteiger partial charge in [0.2, 0.25) is 0 Å². The molecule has 1 saturated carbocycles. The number of hydrogen-bond acceptors (Lipinski definition) is 2. The quantitative estimate of drug-likeness (QED) is 0.630. The van der Waals surface area contributed by atoms with Crippen molar-refractivity contribution in [3.8, 4) is 0 Å². The molecule has 1 fully saturated rings. The smallest absolute Gasteiger partial charge is 0.308 e. The van der Waals surface area contributed by atoms with E-state index in [9.17, 15) is 4.79 Å². The molecule has 1 rings (SSSR count). The zero-order valence-corrected chi connectivity index (χ0v) is 8.71. The highest BCUT2D eigenvalue weighted by Gasteiger charge is 2.25. The molecule has 0 heterocycles. The first-order valence-corrected chi connectivity index (χ1v) is 5.40. The van der Waals surface area contributed by atoms with Crippen molar-refractivity contribution in [2.45, 2.75) is 46.0 Å². The lowest BCUT2D eigenvalue weighted by Crippen LogP contribution is -2.23. The maximum atomic E-state index is 11.5. The Labute approximate surface area is 80.7 Å². The summed E-state index contributed by atoms with van der Waals surface area (Å²) in [6, 6.07) is 0. The summed E-state index contributed by atoms with van der Waals surface area (Å²) in [5, 5.41) is 0. The van der Waals surface area contributed by atoms with Crippen molar-refractivity contribution in [2.75, 3.05) is 6.61 Å². The number of rotatable bonds is 3. The van der Waals surface area contributed by atoms with E-state index in [1.54, 1.807) is 0 Å². The van der Waals surface area contributed by atoms with E-state index in [0.29, 0.717) is 12.5 Å². The summed E-state index contributed by atoms with van der Waals surface area (Å²) in [5.41, 5.74) is 0. The molecular formula is C11H20O2. The van der Waals surface area contributed by atoms with Gasteiger partial charge in [-0.25, -0.2) is 0 Å². The van der Waals surface area contributed by atoms with E-state index in [-0.39, 0.29) is 11.9 Å². The second-order valence-corrected chi connectivity index (χ2v) is 4.14. The molecule has 0 amide bonds. The van der Waals surface area contributed by atoms with Crippen LogP contribution in [-0.4, -0.2) is 12.6 Å². The lowest BCUT2D eigenvalue weighted by Gasteiger charge is -2.24. The lowest BCUT2D eigenvalue weighted by molar-refractivity contribution is -0.150. The summed E-state index contributed by atoms with van der Waals surface area (Å²) in [5.74, 6) is 0.927. The predicted octanol–water partition coefficient (Wildman–Crippen LogP) is 2.77. The normalized spacial score (nSPS) is 28.5. The van der Waals surface area contributed by atoms with Crippen LogP contribution in [-0.2, 0) is 9.53 Å². The fourth-order valence-electron chi connectivity index (χ4n) is 1.97. The third kappa shape index (κ3) is 3.37. The Kier molecular flexibility index (Phi) is 4.26. The minimum absolute atomic E-state index is 0.0356. The van der Waals surface area contributed by atoms with Crippen molar-refractivity contribution in [3.63, 3.8) is 0 Å². The number of carbonyl (C=O) groups is 1. The van der Waals surface area contributed by atoms with Crippen molar-refractivity contribution in [3.05, 3.63) is 0 Å². The van der Waals surface area contributed by atoms with Crippen molar-refractivity contribution < 1.29 is 9.53 Å². The van der Waals surface area contributed by atoms with Crippen molar-refractivity contribution in [2.24, 2.45) is 11.8 Å². The summed E-state index contributed by atoms with van der Waals surface area (Å²) in [6.45, 7) is 4.83. The van der Waals surface area contributed by atoms with Gasteiger partial charge in [-0.05, 0) is 25.2 Å². The van der Waals surface area contributed by atoms with Gasteiger partial charge in [-0.2, -0.15) is 0 Å². The molecule has 1 aliphatic carbocycles. The molecular weight excluding hydrogens is 164 g/mol. The topological polar surface area (TPSA) is 26.3 Å². The summed E-state index contributed by atoms with van der Waals surface area (Å²) in [7, 11) is 0. The molecule has 0 spiro atoms. The van der Waals surface area contributed by atoms with Gasteiger partial charge in [0.05, 0.1) is 12.5 Å². The zero-order valence-electron chi connectivity index (χ0n) is 8.71. The van der Waals surface area contributed by atoms with Crippen LogP contribution in [0.15, 0.2) is 0 Å². The minimum Gasteiger partial charge on any atom is -0.465 e. The summed E-state index contributed by atoms with van der Waals surface area (Å²) < 4.78 is 5.14. The van der Waals surface area contributed by atoms with Crippen LogP contribution in [0, 0.1) is 11.8 Å². The summed E-state index contributed by atoms with van der Waals surface area (Å²) >= 11 is 0. The fourth-order valence-corrected chi connectivity index (χ4v) is 1.97. The molecule has 13 heavy (non-hydrogen) atoms. The predicted molar refractivity (Wildman–Crippen MR) is 52.4 cm³/mol. The second kappa shape index (κ2) is 5.25. The second-order valence-electron chi connectivity index (χ2n) is 4.14. The van der Waals surface area contributed by atoms with Crippen LogP contribution in [0.2, 0.25) is 0 Å². The van der Waals surface area contributed by atoms with E-state index in [1.807, 2.05) is 6.92 Å². The Balaban J connectivity index is 2.28. The first kappa shape index (κ1) is 10.6. The van der Waals surface area contributed by atoms with Gasteiger partial charge in [-0.1, -0.05) is 26.7 Å². The van der Waals surface area contributed by atoms with Gasteiger partial charge in [0.1, 0.15) is 0 Å². The average molecular weight is 184 g/mol. The van der Waals surface area contributed by atoms with Gasteiger partial charge in [0.25, 0.3) is 0 Å². The van der Waals surface area contributed by atoms with Crippen LogP contribution in [0.25, 0.3) is 0 Å². The molecule has 0 aromatic rings. The molecule has 1 aliphatic rings. The molecule has 0 aromatic heterocycles. The van der Waals surface area contributed by atoms with Crippen LogP contribution >= 0.6 is 0 Å². The Morgan fingerprint density at radius 3 is 2.85 bits per heavy atom. The third-order valence-corrected chi connectivity index (χ3v) is 2.72. The molecule has 2 nitrogen and oxygen atoms in total. The highest BCUT2D eigenvalue weighted by atomic mass is 16.5. The fraction of sp³-hybridized carbons (Fsp3) is 0.909. The number of hydrogen-bond donors (Lipinski definition) is 0. The van der Waals surface area contributed by atoms with Gasteiger partial charge in [-0.3, -0.25) is 4.79 Å². The maximum Gasteiger partial charge on any atom is 0.308 e. The molecule has 0 radical (unpaired) electrons. The number of carbonyl (C=O) groups excluding carboxylic acids is 1. The molecule has 2 heteroatoms. The third-order valence-electron chi connectivity index (χ3n) is 2.72. The van der Waals surface area contributed by atoms with E-state index in [1.165, 1.54) is 12.8 Å². The average Bonchev–Trinajstić information content (AvgIpc) is 2.14. The van der Waals surface area contributed by atoms with Crippen LogP contribution in [0.5, 0.6) is 0 Å². The van der Waals surface area contributed by atoms with E-state index in [0.717, 1.165) is 19.3 Å². The molecule has 0 N–H and O–H groups in total. The molecule has 0 aromatic carbocycles. The first-order chi connectivity index (χ1) is 6.24. The maximum absolute atomic E-state index is 11.5. The van der Waals surface area contributed by atoms with Gasteiger partial charge >= 0.3 is 5.97 Å². The molecule has 2 unspecified atom stereocenters. The molecule has 2 atom stereocenters. The van der Waals surface area contributed by atoms with Crippen LogP contribution in [0.4, 0.5) is 0 Å². The van der Waals surface area contributed by atoms with E-state index >= 15 is 0 Å². The highest BCUT2D eigenvalue weighted by molar-refractivity contribution is 5.72. The Morgan fingerprint density at radius 1 is 1.46 bits per heavy atom. The number of esters is 1. The van der Waals surface area contributed by atoms with E-state index in [4.69, 9.17) is 4.74 Å². The van der Waals surface area contributed by atoms with Crippen molar-refractivity contribution >= 4 is 5.97 Å². The largest absolute Gasteiger partial charge is 0.465 e. The van der Waals surface area contributed by atoms with Gasteiger partial charge in [-0.15, -0.1) is 0 Å². The van der Waals surface area contributed by atoms with Crippen LogP contribution < -0.4 is 0 Å². The standard InChI is InChI=1S/C11H20O2/c1-3-7-13-11(12)10-6-4-5-9(2)8-10/h9-10H,3-8H2,1-2H3.